The highest BCUT2D eigenvalue weighted by Crippen LogP contribution is 2.40. The summed E-state index contributed by atoms with van der Waals surface area (Å²) in [5.41, 5.74) is 2.45. The highest BCUT2D eigenvalue weighted by molar-refractivity contribution is 5.99. The van der Waals surface area contributed by atoms with Gasteiger partial charge in [-0.3, -0.25) is 9.59 Å². The molecule has 0 aliphatic heterocycles. The van der Waals surface area contributed by atoms with Crippen LogP contribution in [0.4, 0.5) is 0 Å². The molecule has 2 aromatic rings. The Morgan fingerprint density at radius 2 is 1.78 bits per heavy atom. The minimum Gasteiger partial charge on any atom is -0.507 e. The molecule has 0 aliphatic carbocycles. The van der Waals surface area contributed by atoms with Gasteiger partial charge in [0, 0.05) is 23.4 Å². The average Bonchev–Trinajstić information content (AvgIpc) is 2.63. The van der Waals surface area contributed by atoms with Crippen molar-refractivity contribution in [2.75, 3.05) is 13.9 Å². The van der Waals surface area contributed by atoms with Crippen LogP contribution >= 0.6 is 0 Å². The van der Waals surface area contributed by atoms with Crippen molar-refractivity contribution in [3.05, 3.63) is 47.0 Å². The Morgan fingerprint density at radius 3 is 2.41 bits per heavy atom. The summed E-state index contributed by atoms with van der Waals surface area (Å²) in [7, 11) is 1.38. The first-order valence-corrected chi connectivity index (χ1v) is 8.56. The van der Waals surface area contributed by atoms with E-state index in [0.717, 1.165) is 5.57 Å². The monoisotopic (exact) mass is 372 g/mol. The van der Waals surface area contributed by atoms with Crippen molar-refractivity contribution >= 4 is 22.7 Å². The van der Waals surface area contributed by atoms with Gasteiger partial charge in [0.2, 0.25) is 0 Å². The number of benzene rings is 2. The van der Waals surface area contributed by atoms with Gasteiger partial charge in [-0.15, -0.1) is 0 Å². The van der Waals surface area contributed by atoms with E-state index in [4.69, 9.17) is 9.47 Å². The highest BCUT2D eigenvalue weighted by Gasteiger charge is 2.20. The van der Waals surface area contributed by atoms with Crippen molar-refractivity contribution in [1.82, 2.24) is 0 Å². The molecule has 0 unspecified atom stereocenters. The minimum absolute atomic E-state index is 0.167. The van der Waals surface area contributed by atoms with Gasteiger partial charge < -0.3 is 19.3 Å². The van der Waals surface area contributed by atoms with Gasteiger partial charge in [0.1, 0.15) is 17.9 Å². The Balaban J connectivity index is 2.41. The van der Waals surface area contributed by atoms with Crippen LogP contribution in [0.1, 0.15) is 31.4 Å². The third-order valence-electron chi connectivity index (χ3n) is 4.06. The molecule has 27 heavy (non-hydrogen) atoms. The number of fused-ring (bicyclic) bond motifs is 1. The third-order valence-corrected chi connectivity index (χ3v) is 4.06. The minimum atomic E-state index is -0.733. The van der Waals surface area contributed by atoms with Gasteiger partial charge in [-0.2, -0.15) is 0 Å². The quantitative estimate of drug-likeness (QED) is 0.262. The molecule has 0 saturated carbocycles. The lowest BCUT2D eigenvalue weighted by Gasteiger charge is -2.16. The van der Waals surface area contributed by atoms with E-state index < -0.39 is 18.4 Å². The summed E-state index contributed by atoms with van der Waals surface area (Å²) < 4.78 is 14.9. The van der Waals surface area contributed by atoms with Crippen molar-refractivity contribution in [2.45, 2.75) is 33.6 Å². The summed E-state index contributed by atoms with van der Waals surface area (Å²) in [6, 6.07) is 7.12. The average molecular weight is 372 g/mol. The fraction of sp³-hybridized carbons (Fsp3) is 0.333. The summed E-state index contributed by atoms with van der Waals surface area (Å²) in [6.07, 6.45) is 1.97. The third kappa shape index (κ3) is 5.08. The number of allylic oxidation sites excluding steroid dienone is 2. The number of methoxy groups -OCH3 is 1. The molecule has 0 aromatic heterocycles. The first kappa shape index (κ1) is 20.5. The Bertz CT molecular complexity index is 878. The van der Waals surface area contributed by atoms with E-state index in [0.29, 0.717) is 34.1 Å². The number of carbonyl (C=O) groups is 2. The number of esters is 2. The van der Waals surface area contributed by atoms with E-state index in [9.17, 15) is 14.7 Å². The van der Waals surface area contributed by atoms with Crippen molar-refractivity contribution in [2.24, 2.45) is 0 Å². The molecule has 6 heteroatoms. The molecule has 0 amide bonds. The zero-order chi connectivity index (χ0) is 20.0. The number of aromatic hydroxyl groups is 1. The summed E-state index contributed by atoms with van der Waals surface area (Å²) in [4.78, 5) is 23.8. The maximum atomic E-state index is 12.2. The van der Waals surface area contributed by atoms with Gasteiger partial charge in [0.25, 0.3) is 0 Å². The zero-order valence-corrected chi connectivity index (χ0v) is 16.0. The molecule has 0 radical (unpaired) electrons. The largest absolute Gasteiger partial charge is 0.507 e. The fourth-order valence-corrected chi connectivity index (χ4v) is 2.70. The number of hydrogen-bond acceptors (Lipinski definition) is 6. The molecule has 2 aromatic carbocycles. The van der Waals surface area contributed by atoms with Crippen LogP contribution in [0.5, 0.6) is 11.5 Å². The first-order valence-electron chi connectivity index (χ1n) is 8.56. The van der Waals surface area contributed by atoms with Crippen molar-refractivity contribution in [1.29, 1.82) is 0 Å². The maximum Gasteiger partial charge on any atom is 0.322 e. The highest BCUT2D eigenvalue weighted by atomic mass is 16.7. The van der Waals surface area contributed by atoms with Crippen molar-refractivity contribution < 1.29 is 28.9 Å². The zero-order valence-electron chi connectivity index (χ0n) is 16.0. The lowest BCUT2D eigenvalue weighted by atomic mass is 9.96. The van der Waals surface area contributed by atoms with Crippen molar-refractivity contribution in [3.8, 4) is 11.5 Å². The van der Waals surface area contributed by atoms with Crippen LogP contribution in [0, 0.1) is 6.92 Å². The van der Waals surface area contributed by atoms with Crippen LogP contribution in [0.3, 0.4) is 0 Å². The van der Waals surface area contributed by atoms with Crippen LogP contribution in [-0.2, 0) is 25.5 Å². The topological polar surface area (TPSA) is 82.1 Å². The molecule has 0 aliphatic rings. The molecular weight excluding hydrogens is 348 g/mol. The van der Waals surface area contributed by atoms with Gasteiger partial charge in [-0.25, -0.2) is 0 Å². The first-order chi connectivity index (χ1) is 12.8. The van der Waals surface area contributed by atoms with Gasteiger partial charge in [0.05, 0.1) is 0 Å². The summed E-state index contributed by atoms with van der Waals surface area (Å²) in [6.45, 7) is 5.51. The number of carbonyl (C=O) groups excluding carboxylic acids is 2. The van der Waals surface area contributed by atoms with Crippen LogP contribution in [-0.4, -0.2) is 30.9 Å². The summed E-state index contributed by atoms with van der Waals surface area (Å²) in [5.74, 6) is -0.958. The Hall–Kier alpha value is -2.86. The molecule has 144 valence electrons. The van der Waals surface area contributed by atoms with Crippen LogP contribution in [0.15, 0.2) is 35.9 Å². The van der Waals surface area contributed by atoms with Gasteiger partial charge >= 0.3 is 11.9 Å². The van der Waals surface area contributed by atoms with E-state index >= 15 is 0 Å². The fourth-order valence-electron chi connectivity index (χ4n) is 2.70. The molecule has 6 nitrogen and oxygen atoms in total. The van der Waals surface area contributed by atoms with Gasteiger partial charge in [-0.05, 0) is 32.8 Å². The molecule has 0 fully saturated rings. The Labute approximate surface area is 158 Å². The molecule has 0 spiro atoms. The van der Waals surface area contributed by atoms with E-state index in [1.807, 2.05) is 19.9 Å². The van der Waals surface area contributed by atoms with Crippen LogP contribution < -0.4 is 4.74 Å². The second-order valence-corrected chi connectivity index (χ2v) is 6.39. The standard InChI is InChI=1S/C21H24O6/c1-13(2)9-10-15-14(3)21(17-8-6-5-7-16(17)20(15)24)27-19(23)11-18(22)26-12-25-4/h5-9,24H,10-12H2,1-4H3. The lowest BCUT2D eigenvalue weighted by Crippen LogP contribution is -2.17. The molecule has 0 bridgehead atoms. The Kier molecular flexibility index (Phi) is 6.96. The smallest absolute Gasteiger partial charge is 0.322 e. The number of hydrogen-bond donors (Lipinski definition) is 1. The van der Waals surface area contributed by atoms with E-state index in [-0.39, 0.29) is 12.5 Å². The lowest BCUT2D eigenvalue weighted by molar-refractivity contribution is -0.158. The second-order valence-electron chi connectivity index (χ2n) is 6.39. The number of phenolic OH excluding ortho intramolecular Hbond substituents is 1. The maximum absolute atomic E-state index is 12.2. The molecular formula is C21H24O6. The predicted octanol–water partition coefficient (Wildman–Crippen LogP) is 3.81. The van der Waals surface area contributed by atoms with Crippen molar-refractivity contribution in [3.63, 3.8) is 0 Å². The van der Waals surface area contributed by atoms with E-state index in [1.54, 1.807) is 31.2 Å². The summed E-state index contributed by atoms with van der Waals surface area (Å²) in [5, 5.41) is 11.9. The Morgan fingerprint density at radius 1 is 1.11 bits per heavy atom. The summed E-state index contributed by atoms with van der Waals surface area (Å²) >= 11 is 0. The molecule has 0 heterocycles. The number of phenols is 1. The SMILES string of the molecule is COCOC(=O)CC(=O)Oc1c(C)c(CC=C(C)C)c(O)c2ccccc12. The normalized spacial score (nSPS) is 10.5. The number of ether oxygens (including phenoxy) is 3. The van der Waals surface area contributed by atoms with Crippen LogP contribution in [0.25, 0.3) is 10.8 Å². The molecule has 2 rings (SSSR count). The molecule has 0 atom stereocenters. The molecule has 1 N–H and O–H groups in total. The van der Waals surface area contributed by atoms with Gasteiger partial charge in [-0.1, -0.05) is 35.9 Å². The van der Waals surface area contributed by atoms with E-state index in [2.05, 4.69) is 4.74 Å². The van der Waals surface area contributed by atoms with E-state index in [1.165, 1.54) is 7.11 Å². The van der Waals surface area contributed by atoms with Crippen LogP contribution in [0.2, 0.25) is 0 Å². The number of rotatable bonds is 7. The molecule has 0 saturated heterocycles. The predicted molar refractivity (Wildman–Crippen MR) is 102 cm³/mol. The second kappa shape index (κ2) is 9.19. The van der Waals surface area contributed by atoms with Gasteiger partial charge in [0.15, 0.2) is 6.79 Å².